The molecule has 0 amide bonds. The number of aromatic nitrogens is 6. The smallest absolute Gasteiger partial charge is 0.245 e. The van der Waals surface area contributed by atoms with Crippen LogP contribution < -0.4 is 15.0 Å². The molecule has 10 nitrogen and oxygen atoms in total. The maximum Gasteiger partial charge on any atom is 0.245 e. The van der Waals surface area contributed by atoms with E-state index in [2.05, 4.69) is 46.6 Å². The van der Waals surface area contributed by atoms with Crippen LogP contribution in [0.25, 0.3) is 16.7 Å². The van der Waals surface area contributed by atoms with Gasteiger partial charge in [-0.25, -0.2) is 15.0 Å². The van der Waals surface area contributed by atoms with Crippen molar-refractivity contribution in [3.8, 4) is 5.88 Å². The summed E-state index contributed by atoms with van der Waals surface area (Å²) in [4.78, 5) is 28.9. The van der Waals surface area contributed by atoms with E-state index >= 15 is 0 Å². The van der Waals surface area contributed by atoms with Crippen molar-refractivity contribution >= 4 is 28.4 Å². The minimum Gasteiger partial charge on any atom is -0.471 e. The number of nitrogens with one attached hydrogen (secondary N) is 1. The molecule has 0 bridgehead atoms. The molecular formula is C20H23N9O. The number of hydrogen-bond acceptors (Lipinski definition) is 9. The first-order chi connectivity index (χ1) is 14.7. The fourth-order valence-corrected chi connectivity index (χ4v) is 3.81. The molecule has 30 heavy (non-hydrogen) atoms. The van der Waals surface area contributed by atoms with Gasteiger partial charge in [-0.2, -0.15) is 4.98 Å². The van der Waals surface area contributed by atoms with E-state index in [0.29, 0.717) is 17.9 Å². The van der Waals surface area contributed by atoms with Gasteiger partial charge in [0.05, 0.1) is 25.1 Å². The molecule has 2 aliphatic heterocycles. The van der Waals surface area contributed by atoms with Crippen LogP contribution in [0.1, 0.15) is 26.1 Å². The van der Waals surface area contributed by atoms with E-state index in [0.717, 1.165) is 54.8 Å². The Balaban J connectivity index is 1.42. The zero-order valence-corrected chi connectivity index (χ0v) is 17.0. The summed E-state index contributed by atoms with van der Waals surface area (Å²) < 4.78 is 8.36. The van der Waals surface area contributed by atoms with Gasteiger partial charge in [-0.05, 0) is 13.8 Å². The Morgan fingerprint density at radius 3 is 2.93 bits per heavy atom. The minimum atomic E-state index is 0.00291. The van der Waals surface area contributed by atoms with Crippen LogP contribution in [0.5, 0.6) is 5.88 Å². The summed E-state index contributed by atoms with van der Waals surface area (Å²) >= 11 is 0. The van der Waals surface area contributed by atoms with Gasteiger partial charge in [-0.3, -0.25) is 9.98 Å². The molecule has 0 saturated carbocycles. The number of aliphatic imine (C=N–C) groups is 1. The van der Waals surface area contributed by atoms with Crippen molar-refractivity contribution in [2.24, 2.45) is 4.99 Å². The van der Waals surface area contributed by atoms with E-state index in [1.807, 2.05) is 13.1 Å². The molecule has 5 rings (SSSR count). The third-order valence-corrected chi connectivity index (χ3v) is 5.34. The number of amidine groups is 1. The van der Waals surface area contributed by atoms with Crippen molar-refractivity contribution in [2.75, 3.05) is 24.5 Å². The first kappa shape index (κ1) is 18.5. The number of ether oxygens (including phenoxy) is 1. The lowest BCUT2D eigenvalue weighted by atomic mass is 10.2. The minimum absolute atomic E-state index is 0.00291. The summed E-state index contributed by atoms with van der Waals surface area (Å²) in [6.45, 7) is 6.94. The molecule has 10 heteroatoms. The highest BCUT2D eigenvalue weighted by Gasteiger charge is 2.27. The van der Waals surface area contributed by atoms with Gasteiger partial charge in [0.2, 0.25) is 5.88 Å². The molecule has 0 aromatic carbocycles. The summed E-state index contributed by atoms with van der Waals surface area (Å²) in [5.41, 5.74) is 2.47. The van der Waals surface area contributed by atoms with Crippen LogP contribution >= 0.6 is 0 Å². The number of hydrogen-bond donors (Lipinski definition) is 1. The number of nitrogens with zero attached hydrogens (tertiary/aromatic N) is 8. The van der Waals surface area contributed by atoms with Gasteiger partial charge in [-0.15, -0.1) is 0 Å². The molecule has 154 valence electrons. The molecule has 1 fully saturated rings. The normalized spacial score (nSPS) is 18.9. The van der Waals surface area contributed by atoms with Crippen molar-refractivity contribution in [3.63, 3.8) is 0 Å². The number of anilines is 1. The van der Waals surface area contributed by atoms with E-state index in [4.69, 9.17) is 9.72 Å². The van der Waals surface area contributed by atoms with Crippen LogP contribution in [0, 0.1) is 0 Å². The molecule has 2 aliphatic rings. The van der Waals surface area contributed by atoms with Crippen molar-refractivity contribution in [1.29, 1.82) is 0 Å². The van der Waals surface area contributed by atoms with Crippen LogP contribution in [-0.2, 0) is 6.54 Å². The summed E-state index contributed by atoms with van der Waals surface area (Å²) in [6, 6.07) is 0. The van der Waals surface area contributed by atoms with E-state index in [-0.39, 0.29) is 6.10 Å². The monoisotopic (exact) mass is 405 g/mol. The summed E-state index contributed by atoms with van der Waals surface area (Å²) in [7, 11) is 0. The predicted molar refractivity (Wildman–Crippen MR) is 113 cm³/mol. The van der Waals surface area contributed by atoms with Crippen LogP contribution in [0.4, 0.5) is 5.82 Å². The second kappa shape index (κ2) is 7.69. The van der Waals surface area contributed by atoms with Gasteiger partial charge in [0.25, 0.3) is 0 Å². The highest BCUT2D eigenvalue weighted by Crippen LogP contribution is 2.28. The van der Waals surface area contributed by atoms with Crippen LogP contribution in [0.15, 0.2) is 36.1 Å². The van der Waals surface area contributed by atoms with Crippen molar-refractivity contribution in [2.45, 2.75) is 32.9 Å². The average molecular weight is 405 g/mol. The Bertz CT molecular complexity index is 1120. The molecular weight excluding hydrogens is 382 g/mol. The quantitative estimate of drug-likeness (QED) is 0.683. The number of aryl methyl sites for hydroxylation is 1. The SMILES string of the molecule is CCn1c(C2=CNC(C)=NC2)nc2c(OC3CCN(c4cnccn4)C3)ncnc21. The Kier molecular flexibility index (Phi) is 4.74. The molecule has 0 aliphatic carbocycles. The molecule has 3 aromatic heterocycles. The lowest BCUT2D eigenvalue weighted by molar-refractivity contribution is 0.218. The van der Waals surface area contributed by atoms with Crippen molar-refractivity contribution in [1.82, 2.24) is 34.8 Å². The van der Waals surface area contributed by atoms with E-state index in [1.54, 1.807) is 24.9 Å². The maximum absolute atomic E-state index is 6.28. The molecule has 0 spiro atoms. The molecule has 1 atom stereocenters. The van der Waals surface area contributed by atoms with Gasteiger partial charge >= 0.3 is 0 Å². The number of imidazole rings is 1. The standard InChI is InChI=1S/C20H23N9O/c1-3-29-18(14-8-23-13(2)24-9-14)27-17-19(29)25-12-26-20(17)30-15-4-7-28(11-15)16-10-21-5-6-22-16/h5-6,8,10,12,15H,3-4,7,9,11H2,1-2H3,(H,23,24). The first-order valence-electron chi connectivity index (χ1n) is 10.1. The summed E-state index contributed by atoms with van der Waals surface area (Å²) in [5.74, 6) is 3.12. The molecule has 3 aromatic rings. The fourth-order valence-electron chi connectivity index (χ4n) is 3.81. The number of rotatable bonds is 5. The third-order valence-electron chi connectivity index (χ3n) is 5.34. The second-order valence-electron chi connectivity index (χ2n) is 7.28. The molecule has 5 heterocycles. The Labute approximate surface area is 173 Å². The van der Waals surface area contributed by atoms with E-state index in [9.17, 15) is 0 Å². The van der Waals surface area contributed by atoms with Gasteiger partial charge < -0.3 is 19.5 Å². The Morgan fingerprint density at radius 1 is 1.23 bits per heavy atom. The largest absolute Gasteiger partial charge is 0.471 e. The highest BCUT2D eigenvalue weighted by atomic mass is 16.5. The molecule has 1 saturated heterocycles. The second-order valence-corrected chi connectivity index (χ2v) is 7.28. The van der Waals surface area contributed by atoms with E-state index < -0.39 is 0 Å². The van der Waals surface area contributed by atoms with Crippen LogP contribution in [0.2, 0.25) is 0 Å². The van der Waals surface area contributed by atoms with Gasteiger partial charge in [0.1, 0.15) is 24.1 Å². The Morgan fingerprint density at radius 2 is 2.17 bits per heavy atom. The maximum atomic E-state index is 6.28. The highest BCUT2D eigenvalue weighted by molar-refractivity contribution is 5.87. The van der Waals surface area contributed by atoms with Gasteiger partial charge in [0, 0.05) is 43.7 Å². The summed E-state index contributed by atoms with van der Waals surface area (Å²) in [5, 5.41) is 3.17. The Hall–Kier alpha value is -3.56. The lowest BCUT2D eigenvalue weighted by Crippen LogP contribution is -2.25. The predicted octanol–water partition coefficient (Wildman–Crippen LogP) is 1.66. The lowest BCUT2D eigenvalue weighted by Gasteiger charge is -2.17. The van der Waals surface area contributed by atoms with Crippen molar-refractivity contribution < 1.29 is 4.74 Å². The average Bonchev–Trinajstić information content (AvgIpc) is 3.40. The summed E-state index contributed by atoms with van der Waals surface area (Å²) in [6.07, 6.45) is 9.54. The van der Waals surface area contributed by atoms with Gasteiger partial charge in [0.15, 0.2) is 11.2 Å². The third kappa shape index (κ3) is 3.34. The zero-order chi connectivity index (χ0) is 20.5. The molecule has 0 radical (unpaired) electrons. The van der Waals surface area contributed by atoms with Crippen LogP contribution in [0.3, 0.4) is 0 Å². The first-order valence-corrected chi connectivity index (χ1v) is 10.1. The topological polar surface area (TPSA) is 106 Å². The number of fused-ring (bicyclic) bond motifs is 1. The molecule has 1 unspecified atom stereocenters. The van der Waals surface area contributed by atoms with Crippen molar-refractivity contribution in [3.05, 3.63) is 36.9 Å². The van der Waals surface area contributed by atoms with E-state index in [1.165, 1.54) is 0 Å². The van der Waals surface area contributed by atoms with Crippen LogP contribution in [-0.4, -0.2) is 61.1 Å². The fraction of sp³-hybridized carbons (Fsp3) is 0.400. The zero-order valence-electron chi connectivity index (χ0n) is 17.0. The van der Waals surface area contributed by atoms with Gasteiger partial charge in [-0.1, -0.05) is 0 Å². The molecule has 1 N–H and O–H groups in total.